The molecule has 0 saturated carbocycles. The standard InChI is InChI=1S/C20H29F3N3O13P/c1-10(2)37-18(29)32-8-35-40(31,36-9-33-19(30)38-11(3)4)34-7-20(6-21)14(27)13(23)16(39-20)26-5-12(22)15(24)25-17(26)28/h5,10-11,13-14,16,27H,6-9H2,1-4H3,(H2,24,25,28)/t13-,14-,16+,20+/m0/s1. The molecule has 0 bridgehead atoms. The number of aromatic nitrogens is 2. The molecule has 0 aliphatic carbocycles. The molecule has 16 nitrogen and oxygen atoms in total. The summed E-state index contributed by atoms with van der Waals surface area (Å²) in [5, 5.41) is 10.4. The maximum atomic E-state index is 15.0. The number of aliphatic hydroxyl groups is 1. The molecule has 1 aliphatic rings. The molecule has 3 N–H and O–H groups in total. The van der Waals surface area contributed by atoms with Gasteiger partial charge in [0, 0.05) is 0 Å². The van der Waals surface area contributed by atoms with Crippen molar-refractivity contribution in [2.75, 3.05) is 32.6 Å². The minimum Gasteiger partial charge on any atom is -0.432 e. The van der Waals surface area contributed by atoms with Gasteiger partial charge in [0.25, 0.3) is 0 Å². The van der Waals surface area contributed by atoms with E-state index < -0.39 is 101 Å². The second-order valence-electron chi connectivity index (χ2n) is 8.60. The summed E-state index contributed by atoms with van der Waals surface area (Å²) in [5.41, 5.74) is 1.25. The van der Waals surface area contributed by atoms with Crippen LogP contribution in [0, 0.1) is 5.82 Å². The summed E-state index contributed by atoms with van der Waals surface area (Å²) in [6.45, 7) is 0.811. The predicted molar refractivity (Wildman–Crippen MR) is 123 cm³/mol. The average molecular weight is 607 g/mol. The van der Waals surface area contributed by atoms with Gasteiger partial charge in [-0.2, -0.15) is 4.98 Å². The number of anilines is 1. The number of nitrogens with two attached hydrogens (primary N) is 1. The van der Waals surface area contributed by atoms with Crippen LogP contribution in [-0.2, 0) is 41.8 Å². The quantitative estimate of drug-likeness (QED) is 0.187. The zero-order valence-corrected chi connectivity index (χ0v) is 22.6. The number of ether oxygens (including phenoxy) is 5. The van der Waals surface area contributed by atoms with E-state index in [1.165, 1.54) is 27.7 Å². The Kier molecular flexibility index (Phi) is 11.7. The molecule has 0 unspecified atom stereocenters. The van der Waals surface area contributed by atoms with E-state index in [-0.39, 0.29) is 4.57 Å². The Morgan fingerprint density at radius 2 is 1.68 bits per heavy atom. The van der Waals surface area contributed by atoms with Gasteiger partial charge in [0.05, 0.1) is 25.0 Å². The van der Waals surface area contributed by atoms with Crippen LogP contribution in [0.25, 0.3) is 0 Å². The average Bonchev–Trinajstić information content (AvgIpc) is 3.10. The lowest BCUT2D eigenvalue weighted by Crippen LogP contribution is -2.48. The summed E-state index contributed by atoms with van der Waals surface area (Å²) in [4.78, 5) is 38.3. The van der Waals surface area contributed by atoms with Gasteiger partial charge in [-0.15, -0.1) is 0 Å². The smallest absolute Gasteiger partial charge is 0.432 e. The van der Waals surface area contributed by atoms with Gasteiger partial charge >= 0.3 is 25.8 Å². The van der Waals surface area contributed by atoms with Gasteiger partial charge in [-0.3, -0.25) is 9.09 Å². The first-order chi connectivity index (χ1) is 18.6. The number of hydrogen-bond acceptors (Lipinski definition) is 15. The van der Waals surface area contributed by atoms with Crippen LogP contribution < -0.4 is 11.4 Å². The van der Waals surface area contributed by atoms with Gasteiger partial charge in [-0.1, -0.05) is 0 Å². The first-order valence-corrected chi connectivity index (χ1v) is 12.9. The monoisotopic (exact) mass is 607 g/mol. The Morgan fingerprint density at radius 3 is 2.15 bits per heavy atom. The first kappa shape index (κ1) is 33.2. The van der Waals surface area contributed by atoms with Crippen LogP contribution >= 0.6 is 7.82 Å². The molecule has 0 radical (unpaired) electrons. The van der Waals surface area contributed by atoms with E-state index in [0.29, 0.717) is 6.20 Å². The first-order valence-electron chi connectivity index (χ1n) is 11.4. The molecule has 1 saturated heterocycles. The second-order valence-corrected chi connectivity index (χ2v) is 10.3. The van der Waals surface area contributed by atoms with E-state index in [1.807, 2.05) is 0 Å². The van der Waals surface area contributed by atoms with Gasteiger partial charge in [0.15, 0.2) is 29.6 Å². The van der Waals surface area contributed by atoms with E-state index in [9.17, 15) is 37.2 Å². The molecule has 0 spiro atoms. The van der Waals surface area contributed by atoms with E-state index >= 15 is 0 Å². The fraction of sp³-hybridized carbons (Fsp3) is 0.700. The molecule has 0 aromatic carbocycles. The van der Waals surface area contributed by atoms with Crippen molar-refractivity contribution in [2.24, 2.45) is 0 Å². The number of phosphoric acid groups is 1. The number of carbonyl (C=O) groups excluding carboxylic acids is 2. The van der Waals surface area contributed by atoms with Gasteiger partial charge in [0.2, 0.25) is 13.6 Å². The summed E-state index contributed by atoms with van der Waals surface area (Å²) in [5.74, 6) is -2.04. The molecule has 1 aromatic heterocycles. The lowest BCUT2D eigenvalue weighted by atomic mass is 9.98. The van der Waals surface area contributed by atoms with Crippen molar-refractivity contribution in [3.05, 3.63) is 22.5 Å². The van der Waals surface area contributed by atoms with E-state index in [1.54, 1.807) is 0 Å². The lowest BCUT2D eigenvalue weighted by molar-refractivity contribution is -0.140. The Balaban J connectivity index is 2.19. The van der Waals surface area contributed by atoms with Crippen molar-refractivity contribution in [3.63, 3.8) is 0 Å². The van der Waals surface area contributed by atoms with E-state index in [4.69, 9.17) is 24.0 Å². The lowest BCUT2D eigenvalue weighted by Gasteiger charge is -2.29. The number of halogens is 3. The van der Waals surface area contributed by atoms with Gasteiger partial charge < -0.3 is 34.5 Å². The van der Waals surface area contributed by atoms with Crippen molar-refractivity contribution < 1.29 is 69.7 Å². The topological polar surface area (TPSA) is 206 Å². The summed E-state index contributed by atoms with van der Waals surface area (Å²) >= 11 is 0. The van der Waals surface area contributed by atoms with Gasteiger partial charge in [0.1, 0.15) is 12.8 Å². The van der Waals surface area contributed by atoms with Crippen molar-refractivity contribution in [2.45, 2.75) is 64.0 Å². The van der Waals surface area contributed by atoms with Gasteiger partial charge in [-0.05, 0) is 27.7 Å². The summed E-state index contributed by atoms with van der Waals surface area (Å²) < 4.78 is 94.6. The Hall–Kier alpha value is -2.96. The third-order valence-corrected chi connectivity index (χ3v) is 6.10. The molecular formula is C20H29F3N3O13P. The Morgan fingerprint density at radius 1 is 1.15 bits per heavy atom. The molecule has 1 aliphatic heterocycles. The van der Waals surface area contributed by atoms with Gasteiger partial charge in [-0.25, -0.2) is 41.2 Å². The predicted octanol–water partition coefficient (Wildman–Crippen LogP) is 2.10. The normalized spacial score (nSPS) is 22.9. The molecule has 2 rings (SSSR count). The van der Waals surface area contributed by atoms with Crippen molar-refractivity contribution in [1.29, 1.82) is 0 Å². The number of nitrogens with zero attached hydrogens (tertiary/aromatic N) is 2. The molecule has 228 valence electrons. The molecule has 1 fully saturated rings. The van der Waals surface area contributed by atoms with Crippen LogP contribution in [0.4, 0.5) is 28.6 Å². The largest absolute Gasteiger partial charge is 0.510 e. The molecule has 2 heterocycles. The van der Waals surface area contributed by atoms with Crippen LogP contribution in [0.2, 0.25) is 0 Å². The maximum absolute atomic E-state index is 15.0. The third-order valence-electron chi connectivity index (χ3n) is 4.81. The molecular weight excluding hydrogens is 578 g/mol. The minimum atomic E-state index is -4.97. The number of carbonyl (C=O) groups is 2. The summed E-state index contributed by atoms with van der Waals surface area (Å²) in [6.07, 6.45) is -10.3. The number of nitrogen functional groups attached to an aromatic ring is 1. The molecule has 40 heavy (non-hydrogen) atoms. The minimum absolute atomic E-state index is 0.284. The fourth-order valence-corrected chi connectivity index (χ4v) is 3.93. The highest BCUT2D eigenvalue weighted by Gasteiger charge is 2.58. The highest BCUT2D eigenvalue weighted by Crippen LogP contribution is 2.51. The Labute approximate surface area is 224 Å². The van der Waals surface area contributed by atoms with Crippen LogP contribution in [0.15, 0.2) is 11.0 Å². The molecule has 1 aromatic rings. The van der Waals surface area contributed by atoms with E-state index in [2.05, 4.69) is 23.9 Å². The summed E-state index contributed by atoms with van der Waals surface area (Å²) in [7, 11) is -4.97. The fourth-order valence-electron chi connectivity index (χ4n) is 2.97. The molecule has 20 heteroatoms. The van der Waals surface area contributed by atoms with Crippen molar-refractivity contribution in [3.8, 4) is 0 Å². The number of hydrogen-bond donors (Lipinski definition) is 2. The Bertz CT molecular complexity index is 1110. The zero-order chi connectivity index (χ0) is 30.3. The maximum Gasteiger partial charge on any atom is 0.510 e. The van der Waals surface area contributed by atoms with Crippen LogP contribution in [0.1, 0.15) is 33.9 Å². The second kappa shape index (κ2) is 14.1. The molecule has 0 amide bonds. The zero-order valence-electron chi connectivity index (χ0n) is 21.7. The number of aliphatic hydroxyl groups excluding tert-OH is 1. The SMILES string of the molecule is CC(C)OC(=O)OCOP(=O)(OCOC(=O)OC(C)C)OC[C@@]1(CF)O[C@@H](n2cc(F)c(N)nc2=O)[C@@H](F)[C@@H]1O. The van der Waals surface area contributed by atoms with Crippen molar-refractivity contribution in [1.82, 2.24) is 9.55 Å². The number of rotatable bonds is 13. The van der Waals surface area contributed by atoms with Crippen LogP contribution in [0.5, 0.6) is 0 Å². The van der Waals surface area contributed by atoms with E-state index in [0.717, 1.165) is 0 Å². The highest BCUT2D eigenvalue weighted by molar-refractivity contribution is 7.48. The van der Waals surface area contributed by atoms with Crippen molar-refractivity contribution >= 4 is 26.0 Å². The summed E-state index contributed by atoms with van der Waals surface area (Å²) in [6, 6.07) is 0. The number of alkyl halides is 2. The highest BCUT2D eigenvalue weighted by atomic mass is 31.2. The third kappa shape index (κ3) is 8.77. The van der Waals surface area contributed by atoms with Crippen LogP contribution in [0.3, 0.4) is 0 Å². The number of phosphoric ester groups is 1. The molecule has 4 atom stereocenters. The van der Waals surface area contributed by atoms with Crippen LogP contribution in [-0.4, -0.2) is 83.9 Å².